The van der Waals surface area contributed by atoms with Crippen molar-refractivity contribution in [3.8, 4) is 0 Å². The molecule has 0 bridgehead atoms. The van der Waals surface area contributed by atoms with E-state index in [0.717, 1.165) is 51.5 Å². The van der Waals surface area contributed by atoms with Crippen molar-refractivity contribution in [2.75, 3.05) is 26.2 Å². The van der Waals surface area contributed by atoms with Gasteiger partial charge in [-0.15, -0.1) is 0 Å². The van der Waals surface area contributed by atoms with Gasteiger partial charge in [0.05, 0.1) is 0 Å². The highest BCUT2D eigenvalue weighted by Crippen LogP contribution is 2.08. The third-order valence-electron chi connectivity index (χ3n) is 3.53. The third kappa shape index (κ3) is 4.85. The molecule has 1 heterocycles. The van der Waals surface area contributed by atoms with Gasteiger partial charge in [-0.2, -0.15) is 0 Å². The number of nitrogens with one attached hydrogen (secondary N) is 1. The van der Waals surface area contributed by atoms with Gasteiger partial charge < -0.3 is 16.0 Å². The molecule has 2 rings (SSSR count). The van der Waals surface area contributed by atoms with Crippen LogP contribution in [0.3, 0.4) is 0 Å². The molecule has 1 aliphatic rings. The average Bonchev–Trinajstić information content (AvgIpc) is 2.76. The molecule has 0 spiro atoms. The molecular formula is C16H26N4. The van der Waals surface area contributed by atoms with Gasteiger partial charge in [0.2, 0.25) is 0 Å². The molecule has 110 valence electrons. The van der Waals surface area contributed by atoms with Crippen LogP contribution in [-0.2, 0) is 6.54 Å². The molecule has 20 heavy (non-hydrogen) atoms. The molecule has 0 fully saturated rings. The van der Waals surface area contributed by atoms with Crippen molar-refractivity contribution in [3.63, 3.8) is 0 Å². The number of nitrogens with zero attached hydrogens (tertiary/aromatic N) is 2. The summed E-state index contributed by atoms with van der Waals surface area (Å²) in [5.41, 5.74) is 6.93. The van der Waals surface area contributed by atoms with Gasteiger partial charge in [-0.1, -0.05) is 30.3 Å². The van der Waals surface area contributed by atoms with Crippen LogP contribution in [-0.4, -0.2) is 37.0 Å². The highest BCUT2D eigenvalue weighted by atomic mass is 15.3. The molecule has 0 aliphatic carbocycles. The summed E-state index contributed by atoms with van der Waals surface area (Å²) in [7, 11) is 0. The first-order valence-corrected chi connectivity index (χ1v) is 7.67. The van der Waals surface area contributed by atoms with Gasteiger partial charge >= 0.3 is 0 Å². The maximum absolute atomic E-state index is 5.61. The Morgan fingerprint density at radius 3 is 2.80 bits per heavy atom. The van der Waals surface area contributed by atoms with Crippen LogP contribution in [0.2, 0.25) is 0 Å². The minimum Gasteiger partial charge on any atom is -0.356 e. The van der Waals surface area contributed by atoms with Gasteiger partial charge in [-0.05, 0) is 37.8 Å². The number of hydrogen-bond donors (Lipinski definition) is 2. The van der Waals surface area contributed by atoms with Crippen molar-refractivity contribution in [1.82, 2.24) is 10.2 Å². The maximum atomic E-state index is 5.61. The fourth-order valence-electron chi connectivity index (χ4n) is 2.40. The second kappa shape index (κ2) is 8.59. The number of benzene rings is 1. The molecule has 0 amide bonds. The second-order valence-electron chi connectivity index (χ2n) is 5.24. The van der Waals surface area contributed by atoms with Crippen LogP contribution < -0.4 is 11.1 Å². The van der Waals surface area contributed by atoms with E-state index in [-0.39, 0.29) is 0 Å². The molecule has 0 saturated carbocycles. The Morgan fingerprint density at radius 1 is 1.15 bits per heavy atom. The summed E-state index contributed by atoms with van der Waals surface area (Å²) >= 11 is 0. The number of unbranched alkanes of at least 4 members (excludes halogenated alkanes) is 1. The third-order valence-corrected chi connectivity index (χ3v) is 3.53. The van der Waals surface area contributed by atoms with E-state index in [0.29, 0.717) is 0 Å². The molecule has 1 aliphatic heterocycles. The number of aliphatic imine (C=N–C) groups is 1. The fourth-order valence-corrected chi connectivity index (χ4v) is 2.40. The molecule has 0 atom stereocenters. The maximum Gasteiger partial charge on any atom is 0.194 e. The zero-order valence-corrected chi connectivity index (χ0v) is 12.2. The Hall–Kier alpha value is -1.55. The van der Waals surface area contributed by atoms with Crippen LogP contribution in [0.5, 0.6) is 0 Å². The summed E-state index contributed by atoms with van der Waals surface area (Å²) in [6.45, 7) is 4.65. The van der Waals surface area contributed by atoms with Crippen LogP contribution >= 0.6 is 0 Å². The van der Waals surface area contributed by atoms with E-state index in [2.05, 4.69) is 40.5 Å². The van der Waals surface area contributed by atoms with Crippen molar-refractivity contribution < 1.29 is 0 Å². The van der Waals surface area contributed by atoms with Crippen LogP contribution in [0.1, 0.15) is 31.2 Å². The fraction of sp³-hybridized carbons (Fsp3) is 0.562. The first-order valence-electron chi connectivity index (χ1n) is 7.67. The molecule has 1 aromatic rings. The number of hydrogen-bond acceptors (Lipinski definition) is 4. The van der Waals surface area contributed by atoms with E-state index < -0.39 is 0 Å². The Balaban J connectivity index is 2.01. The minimum atomic E-state index is 0.763. The van der Waals surface area contributed by atoms with Gasteiger partial charge in [0.25, 0.3) is 0 Å². The summed E-state index contributed by atoms with van der Waals surface area (Å²) in [4.78, 5) is 7.06. The lowest BCUT2D eigenvalue weighted by molar-refractivity contribution is 0.385. The summed E-state index contributed by atoms with van der Waals surface area (Å²) < 4.78 is 0. The Morgan fingerprint density at radius 2 is 2.00 bits per heavy atom. The van der Waals surface area contributed by atoms with E-state index >= 15 is 0 Å². The van der Waals surface area contributed by atoms with Gasteiger partial charge in [-0.3, -0.25) is 4.99 Å². The Kier molecular flexibility index (Phi) is 6.38. The van der Waals surface area contributed by atoms with E-state index in [4.69, 9.17) is 10.7 Å². The molecule has 0 radical (unpaired) electrons. The molecule has 4 nitrogen and oxygen atoms in total. The highest BCUT2D eigenvalue weighted by Gasteiger charge is 2.13. The van der Waals surface area contributed by atoms with Crippen LogP contribution in [0, 0.1) is 0 Å². The zero-order valence-electron chi connectivity index (χ0n) is 12.2. The van der Waals surface area contributed by atoms with Gasteiger partial charge in [-0.25, -0.2) is 0 Å². The molecule has 0 aromatic heterocycles. The normalized spacial score (nSPS) is 15.2. The number of rotatable bonds is 6. The number of guanidine groups is 1. The SMILES string of the molecule is NCCCCN(Cc1ccccc1)C1=NCCCCN1. The minimum absolute atomic E-state index is 0.763. The molecule has 0 unspecified atom stereocenters. The summed E-state index contributed by atoms with van der Waals surface area (Å²) in [6.07, 6.45) is 4.57. The van der Waals surface area contributed by atoms with E-state index in [1.54, 1.807) is 0 Å². The van der Waals surface area contributed by atoms with Crippen LogP contribution in [0.4, 0.5) is 0 Å². The monoisotopic (exact) mass is 274 g/mol. The summed E-state index contributed by atoms with van der Waals surface area (Å²) in [5.74, 6) is 1.06. The van der Waals surface area contributed by atoms with Gasteiger partial charge in [0, 0.05) is 26.2 Å². The molecule has 0 saturated heterocycles. The molecule has 1 aromatic carbocycles. The lowest BCUT2D eigenvalue weighted by Gasteiger charge is -2.26. The quantitative estimate of drug-likeness (QED) is 0.780. The summed E-state index contributed by atoms with van der Waals surface area (Å²) in [6, 6.07) is 10.6. The standard InChI is InChI=1S/C16H26N4/c17-10-4-7-13-20(14-15-8-2-1-3-9-15)16-18-11-5-6-12-19-16/h1-3,8-9H,4-7,10-14,17H2,(H,18,19). The molecule has 3 N–H and O–H groups in total. The first-order chi connectivity index (χ1) is 9.90. The van der Waals surface area contributed by atoms with Crippen molar-refractivity contribution in [1.29, 1.82) is 0 Å². The van der Waals surface area contributed by atoms with Crippen molar-refractivity contribution in [2.45, 2.75) is 32.2 Å². The first kappa shape index (κ1) is 14.9. The largest absolute Gasteiger partial charge is 0.356 e. The predicted octanol–water partition coefficient (Wildman–Crippen LogP) is 1.97. The zero-order chi connectivity index (χ0) is 14.0. The predicted molar refractivity (Wildman–Crippen MR) is 84.7 cm³/mol. The van der Waals surface area contributed by atoms with Gasteiger partial charge in [0.1, 0.15) is 0 Å². The van der Waals surface area contributed by atoms with Crippen molar-refractivity contribution in [2.24, 2.45) is 10.7 Å². The Bertz CT molecular complexity index is 402. The number of nitrogens with two attached hydrogens (primary N) is 1. The summed E-state index contributed by atoms with van der Waals surface area (Å²) in [5, 5.41) is 3.47. The van der Waals surface area contributed by atoms with Gasteiger partial charge in [0.15, 0.2) is 5.96 Å². The smallest absolute Gasteiger partial charge is 0.194 e. The molecular weight excluding hydrogens is 248 g/mol. The van der Waals surface area contributed by atoms with Crippen molar-refractivity contribution in [3.05, 3.63) is 35.9 Å². The average molecular weight is 274 g/mol. The van der Waals surface area contributed by atoms with Crippen LogP contribution in [0.25, 0.3) is 0 Å². The van der Waals surface area contributed by atoms with E-state index in [9.17, 15) is 0 Å². The Labute approximate surface area is 122 Å². The van der Waals surface area contributed by atoms with Crippen molar-refractivity contribution >= 4 is 5.96 Å². The topological polar surface area (TPSA) is 53.6 Å². The van der Waals surface area contributed by atoms with Crippen LogP contribution in [0.15, 0.2) is 35.3 Å². The molecule has 4 heteroatoms. The highest BCUT2D eigenvalue weighted by molar-refractivity contribution is 5.80. The lowest BCUT2D eigenvalue weighted by Crippen LogP contribution is -2.41. The van der Waals surface area contributed by atoms with E-state index in [1.165, 1.54) is 18.4 Å². The lowest BCUT2D eigenvalue weighted by atomic mass is 10.2. The van der Waals surface area contributed by atoms with E-state index in [1.807, 2.05) is 0 Å². The second-order valence-corrected chi connectivity index (χ2v) is 5.24.